The van der Waals surface area contributed by atoms with Crippen LogP contribution < -0.4 is 5.32 Å². The first-order valence-electron chi connectivity index (χ1n) is 12.2. The molecular formula is C30H24ClF3N2O2. The van der Waals surface area contributed by atoms with Gasteiger partial charge in [-0.15, -0.1) is 0 Å². The number of carbonyl (C=O) groups excluding carboxylic acids is 2. The van der Waals surface area contributed by atoms with Crippen molar-refractivity contribution < 1.29 is 22.8 Å². The first-order chi connectivity index (χ1) is 18.1. The Labute approximate surface area is 223 Å². The molecule has 8 heteroatoms. The molecule has 1 N–H and O–H groups in total. The molecule has 0 fully saturated rings. The largest absolute Gasteiger partial charge is 0.416 e. The van der Waals surface area contributed by atoms with Crippen molar-refractivity contribution in [3.63, 3.8) is 0 Å². The molecule has 0 bridgehead atoms. The van der Waals surface area contributed by atoms with Gasteiger partial charge in [0.1, 0.15) is 0 Å². The van der Waals surface area contributed by atoms with Gasteiger partial charge in [0, 0.05) is 40.0 Å². The summed E-state index contributed by atoms with van der Waals surface area (Å²) >= 11 is 6.58. The molecule has 0 aromatic heterocycles. The number of anilines is 1. The Balaban J connectivity index is 1.55. The number of ketones is 1. The molecule has 0 saturated carbocycles. The maximum absolute atomic E-state index is 13.7. The fraction of sp³-hybridized carbons (Fsp3) is 0.233. The summed E-state index contributed by atoms with van der Waals surface area (Å²) in [6.07, 6.45) is -3.75. The Bertz CT molecular complexity index is 1460. The van der Waals surface area contributed by atoms with Crippen LogP contribution in [-0.2, 0) is 15.8 Å². The van der Waals surface area contributed by atoms with E-state index in [4.69, 9.17) is 16.6 Å². The SMILES string of the molecule is CC1=NC2=C(C(=O)C[C@H](c3ccccc3)C2)[C@H](c2ccccc2Cl)C1C(=O)Nc1cccc(C(F)(F)F)c1. The van der Waals surface area contributed by atoms with E-state index >= 15 is 0 Å². The van der Waals surface area contributed by atoms with E-state index in [0.717, 1.165) is 17.7 Å². The van der Waals surface area contributed by atoms with E-state index in [9.17, 15) is 22.8 Å². The molecule has 3 atom stereocenters. The molecule has 0 saturated heterocycles. The molecule has 1 heterocycles. The number of benzene rings is 3. The molecule has 194 valence electrons. The van der Waals surface area contributed by atoms with Crippen molar-refractivity contribution in [3.8, 4) is 0 Å². The molecular weight excluding hydrogens is 513 g/mol. The minimum absolute atomic E-state index is 0.00872. The smallest absolute Gasteiger partial charge is 0.325 e. The van der Waals surface area contributed by atoms with Gasteiger partial charge in [0.15, 0.2) is 5.78 Å². The molecule has 4 nitrogen and oxygen atoms in total. The topological polar surface area (TPSA) is 58.5 Å². The predicted octanol–water partition coefficient (Wildman–Crippen LogP) is 7.57. The number of nitrogens with zero attached hydrogens (tertiary/aromatic N) is 1. The third-order valence-electron chi connectivity index (χ3n) is 7.14. The lowest BCUT2D eigenvalue weighted by atomic mass is 9.69. The first kappa shape index (κ1) is 25.9. The molecule has 0 radical (unpaired) electrons. The highest BCUT2D eigenvalue weighted by Gasteiger charge is 2.44. The molecule has 1 aliphatic heterocycles. The molecule has 5 rings (SSSR count). The minimum Gasteiger partial charge on any atom is -0.325 e. The van der Waals surface area contributed by atoms with Crippen molar-refractivity contribution in [1.29, 1.82) is 0 Å². The summed E-state index contributed by atoms with van der Waals surface area (Å²) < 4.78 is 39.7. The first-order valence-corrected chi connectivity index (χ1v) is 12.6. The van der Waals surface area contributed by atoms with Crippen molar-refractivity contribution in [2.24, 2.45) is 10.9 Å². The number of hydrogen-bond donors (Lipinski definition) is 1. The van der Waals surface area contributed by atoms with Gasteiger partial charge in [-0.3, -0.25) is 14.6 Å². The Kier molecular flexibility index (Phi) is 6.97. The highest BCUT2D eigenvalue weighted by Crippen LogP contribution is 2.48. The Morgan fingerprint density at radius 3 is 2.39 bits per heavy atom. The maximum atomic E-state index is 13.7. The lowest BCUT2D eigenvalue weighted by molar-refractivity contribution is -0.137. The summed E-state index contributed by atoms with van der Waals surface area (Å²) in [5.41, 5.74) is 2.33. The van der Waals surface area contributed by atoms with Crippen LogP contribution >= 0.6 is 11.6 Å². The number of halogens is 4. The summed E-state index contributed by atoms with van der Waals surface area (Å²) in [6, 6.07) is 21.2. The molecule has 1 aliphatic carbocycles. The van der Waals surface area contributed by atoms with E-state index in [2.05, 4.69) is 5.32 Å². The summed E-state index contributed by atoms with van der Waals surface area (Å²) in [6.45, 7) is 1.71. The summed E-state index contributed by atoms with van der Waals surface area (Å²) in [5, 5.41) is 3.02. The van der Waals surface area contributed by atoms with E-state index in [1.54, 1.807) is 31.2 Å². The molecule has 1 unspecified atom stereocenters. The second kappa shape index (κ2) is 10.2. The third-order valence-corrected chi connectivity index (χ3v) is 7.48. The lowest BCUT2D eigenvalue weighted by Gasteiger charge is -2.37. The second-order valence-electron chi connectivity index (χ2n) is 9.60. The summed E-state index contributed by atoms with van der Waals surface area (Å²) in [4.78, 5) is 32.0. The Morgan fingerprint density at radius 2 is 1.68 bits per heavy atom. The fourth-order valence-corrected chi connectivity index (χ4v) is 5.67. The van der Waals surface area contributed by atoms with Crippen LogP contribution in [0, 0.1) is 5.92 Å². The zero-order valence-corrected chi connectivity index (χ0v) is 21.2. The number of aliphatic imine (C=N–C) groups is 1. The quantitative estimate of drug-likeness (QED) is 0.374. The Hall–Kier alpha value is -3.71. The van der Waals surface area contributed by atoms with Crippen LogP contribution in [0.5, 0.6) is 0 Å². The van der Waals surface area contributed by atoms with E-state index < -0.39 is 29.5 Å². The highest BCUT2D eigenvalue weighted by molar-refractivity contribution is 6.31. The van der Waals surface area contributed by atoms with E-state index in [1.165, 1.54) is 12.1 Å². The van der Waals surface area contributed by atoms with E-state index in [-0.39, 0.29) is 23.8 Å². The van der Waals surface area contributed by atoms with Gasteiger partial charge in [0.2, 0.25) is 5.91 Å². The van der Waals surface area contributed by atoms with Crippen molar-refractivity contribution >= 4 is 34.7 Å². The van der Waals surface area contributed by atoms with Crippen LogP contribution in [0.15, 0.2) is 95.1 Å². The summed E-state index contributed by atoms with van der Waals surface area (Å²) in [5.74, 6) is -2.36. The fourth-order valence-electron chi connectivity index (χ4n) is 5.42. The monoisotopic (exact) mass is 536 g/mol. The average Bonchev–Trinajstić information content (AvgIpc) is 2.88. The third kappa shape index (κ3) is 5.03. The number of allylic oxidation sites excluding steroid dienone is 2. The van der Waals surface area contributed by atoms with Crippen LogP contribution in [0.3, 0.4) is 0 Å². The van der Waals surface area contributed by atoms with Crippen molar-refractivity contribution in [2.75, 3.05) is 5.32 Å². The van der Waals surface area contributed by atoms with Gasteiger partial charge < -0.3 is 5.32 Å². The van der Waals surface area contributed by atoms with Crippen molar-refractivity contribution in [2.45, 2.75) is 37.8 Å². The van der Waals surface area contributed by atoms with Gasteiger partial charge in [-0.05, 0) is 54.7 Å². The molecule has 3 aromatic rings. The maximum Gasteiger partial charge on any atom is 0.416 e. The van der Waals surface area contributed by atoms with Gasteiger partial charge in [0.05, 0.1) is 11.5 Å². The van der Waals surface area contributed by atoms with E-state index in [0.29, 0.717) is 34.0 Å². The minimum atomic E-state index is -4.55. The lowest BCUT2D eigenvalue weighted by Crippen LogP contribution is -2.40. The van der Waals surface area contributed by atoms with Crippen molar-refractivity contribution in [3.05, 3.63) is 112 Å². The standard InChI is InChI=1S/C30H24ClF3N2O2/c1-17-26(29(38)36-21-11-7-10-20(16-21)30(32,33)34)27(22-12-5-6-13-23(22)31)28-24(35-17)14-19(15-25(28)37)18-8-3-2-4-9-18/h2-13,16,19,26-27H,14-15H2,1H3,(H,36,38)/t19-,26?,27-/m1/s1. The number of rotatable bonds is 4. The van der Waals surface area contributed by atoms with Gasteiger partial charge >= 0.3 is 6.18 Å². The predicted molar refractivity (Wildman–Crippen MR) is 141 cm³/mol. The summed E-state index contributed by atoms with van der Waals surface area (Å²) in [7, 11) is 0. The molecule has 2 aliphatic rings. The Morgan fingerprint density at radius 1 is 0.974 bits per heavy atom. The average molecular weight is 537 g/mol. The van der Waals surface area contributed by atoms with Crippen LogP contribution in [0.4, 0.5) is 18.9 Å². The van der Waals surface area contributed by atoms with Crippen LogP contribution in [0.2, 0.25) is 5.02 Å². The van der Waals surface area contributed by atoms with Crippen LogP contribution in [0.25, 0.3) is 0 Å². The molecule has 1 amide bonds. The van der Waals surface area contributed by atoms with E-state index in [1.807, 2.05) is 30.3 Å². The van der Waals surface area contributed by atoms with Crippen LogP contribution in [-0.4, -0.2) is 17.4 Å². The highest BCUT2D eigenvalue weighted by atomic mass is 35.5. The normalized spacial score (nSPS) is 21.6. The van der Waals surface area contributed by atoms with Gasteiger partial charge in [-0.2, -0.15) is 13.2 Å². The zero-order chi connectivity index (χ0) is 27.0. The second-order valence-corrected chi connectivity index (χ2v) is 10.0. The number of nitrogens with one attached hydrogen (secondary N) is 1. The van der Waals surface area contributed by atoms with Crippen molar-refractivity contribution in [1.82, 2.24) is 0 Å². The number of hydrogen-bond acceptors (Lipinski definition) is 3. The molecule has 0 spiro atoms. The van der Waals surface area contributed by atoms with Gasteiger partial charge in [-0.1, -0.05) is 66.2 Å². The molecule has 38 heavy (non-hydrogen) atoms. The number of alkyl halides is 3. The molecule has 3 aromatic carbocycles. The zero-order valence-electron chi connectivity index (χ0n) is 20.4. The van der Waals surface area contributed by atoms with Gasteiger partial charge in [0.25, 0.3) is 0 Å². The van der Waals surface area contributed by atoms with Gasteiger partial charge in [-0.25, -0.2) is 0 Å². The van der Waals surface area contributed by atoms with Crippen LogP contribution in [0.1, 0.15) is 48.3 Å². The number of amides is 1. The number of carbonyl (C=O) groups is 2. The number of Topliss-reactive ketones (excluding diaryl/α,β-unsaturated/α-hetero) is 1.